The van der Waals surface area contributed by atoms with Gasteiger partial charge in [0, 0.05) is 23.5 Å². The molecule has 3 rings (SSSR count). The number of rotatable bonds is 6. The second-order valence-corrected chi connectivity index (χ2v) is 6.32. The van der Waals surface area contributed by atoms with Gasteiger partial charge >= 0.3 is 11.9 Å². The molecule has 0 saturated heterocycles. The summed E-state index contributed by atoms with van der Waals surface area (Å²) in [6.07, 6.45) is 5.91. The molecule has 0 unspecified atom stereocenters. The van der Waals surface area contributed by atoms with E-state index in [1.54, 1.807) is 60.7 Å². The standard InChI is InChI=1S/C24H20N2O4/c25-19-6-10-21(11-7-19)29-23(27)14-4-17-2-1-3-18(16-17)5-15-24(28)30-22-12-8-20(26)9-13-22/h1-16H,25-26H2/b14-4+,15-5+. The number of carbonyl (C=O) groups is 2. The Kier molecular flexibility index (Phi) is 6.63. The summed E-state index contributed by atoms with van der Waals surface area (Å²) < 4.78 is 10.4. The Balaban J connectivity index is 1.58. The highest BCUT2D eigenvalue weighted by atomic mass is 16.5. The molecule has 3 aromatic rings. The Morgan fingerprint density at radius 1 is 0.633 bits per heavy atom. The van der Waals surface area contributed by atoms with Gasteiger partial charge in [-0.1, -0.05) is 18.2 Å². The van der Waals surface area contributed by atoms with Gasteiger partial charge in [-0.2, -0.15) is 0 Å². The molecule has 0 aliphatic heterocycles. The summed E-state index contributed by atoms with van der Waals surface area (Å²) in [7, 11) is 0. The van der Waals surface area contributed by atoms with Gasteiger partial charge in [0.15, 0.2) is 0 Å². The molecule has 0 amide bonds. The molecule has 0 fully saturated rings. The Hall–Kier alpha value is -4.32. The van der Waals surface area contributed by atoms with Crippen molar-refractivity contribution in [3.05, 3.63) is 96.1 Å². The van der Waals surface area contributed by atoms with Crippen LogP contribution < -0.4 is 20.9 Å². The first-order valence-corrected chi connectivity index (χ1v) is 9.09. The van der Waals surface area contributed by atoms with E-state index >= 15 is 0 Å². The van der Waals surface area contributed by atoms with Crippen molar-refractivity contribution in [2.75, 3.05) is 11.5 Å². The van der Waals surface area contributed by atoms with E-state index in [1.807, 2.05) is 24.3 Å². The summed E-state index contributed by atoms with van der Waals surface area (Å²) in [5.41, 5.74) is 13.9. The van der Waals surface area contributed by atoms with Crippen LogP contribution in [0, 0.1) is 0 Å². The van der Waals surface area contributed by atoms with E-state index in [2.05, 4.69) is 0 Å². The third kappa shape index (κ3) is 6.38. The van der Waals surface area contributed by atoms with E-state index in [4.69, 9.17) is 20.9 Å². The monoisotopic (exact) mass is 400 g/mol. The number of nitrogens with two attached hydrogens (primary N) is 2. The van der Waals surface area contributed by atoms with E-state index in [-0.39, 0.29) is 0 Å². The fraction of sp³-hybridized carbons (Fsp3) is 0. The first-order chi connectivity index (χ1) is 14.5. The van der Waals surface area contributed by atoms with Gasteiger partial charge in [0.2, 0.25) is 0 Å². The minimum absolute atomic E-state index is 0.412. The van der Waals surface area contributed by atoms with Crippen LogP contribution in [-0.4, -0.2) is 11.9 Å². The SMILES string of the molecule is Nc1ccc(OC(=O)/C=C/c2cccc(/C=C/C(=O)Oc3ccc(N)cc3)c2)cc1. The highest BCUT2D eigenvalue weighted by molar-refractivity contribution is 5.90. The summed E-state index contributed by atoms with van der Waals surface area (Å²) in [5.74, 6) is -0.189. The van der Waals surface area contributed by atoms with Gasteiger partial charge in [-0.15, -0.1) is 0 Å². The minimum atomic E-state index is -0.507. The zero-order valence-corrected chi connectivity index (χ0v) is 16.0. The minimum Gasteiger partial charge on any atom is -0.423 e. The maximum atomic E-state index is 11.9. The van der Waals surface area contributed by atoms with Gasteiger partial charge in [0.05, 0.1) is 0 Å². The molecule has 6 nitrogen and oxygen atoms in total. The van der Waals surface area contributed by atoms with Crippen LogP contribution in [0.5, 0.6) is 11.5 Å². The van der Waals surface area contributed by atoms with E-state index < -0.39 is 11.9 Å². The van der Waals surface area contributed by atoms with Crippen LogP contribution in [0.2, 0.25) is 0 Å². The van der Waals surface area contributed by atoms with Crippen molar-refractivity contribution in [2.45, 2.75) is 0 Å². The van der Waals surface area contributed by atoms with Gasteiger partial charge in [-0.05, 0) is 77.9 Å². The Labute approximate surface area is 174 Å². The Bertz CT molecular complexity index is 1000. The average molecular weight is 400 g/mol. The van der Waals surface area contributed by atoms with Gasteiger partial charge in [0.1, 0.15) is 11.5 Å². The molecule has 4 N–H and O–H groups in total. The van der Waals surface area contributed by atoms with E-state index in [1.165, 1.54) is 12.2 Å². The molecule has 0 spiro atoms. The Morgan fingerprint density at radius 2 is 1.03 bits per heavy atom. The predicted octanol–water partition coefficient (Wildman–Crippen LogP) is 4.09. The Morgan fingerprint density at radius 3 is 1.43 bits per heavy atom. The fourth-order valence-corrected chi connectivity index (χ4v) is 2.47. The topological polar surface area (TPSA) is 105 Å². The van der Waals surface area contributed by atoms with Crippen molar-refractivity contribution in [1.29, 1.82) is 0 Å². The van der Waals surface area contributed by atoms with Crippen LogP contribution in [0.4, 0.5) is 11.4 Å². The van der Waals surface area contributed by atoms with Crippen LogP contribution >= 0.6 is 0 Å². The van der Waals surface area contributed by atoms with E-state index in [9.17, 15) is 9.59 Å². The summed E-state index contributed by atoms with van der Waals surface area (Å²) in [5, 5.41) is 0. The summed E-state index contributed by atoms with van der Waals surface area (Å²) in [6, 6.07) is 20.4. The molecule has 0 aromatic heterocycles. The third-order valence-electron chi connectivity index (χ3n) is 3.93. The maximum absolute atomic E-state index is 11.9. The number of hydrogen-bond acceptors (Lipinski definition) is 6. The van der Waals surface area contributed by atoms with Gasteiger partial charge < -0.3 is 20.9 Å². The number of benzene rings is 3. The molecule has 0 bridgehead atoms. The van der Waals surface area contributed by atoms with Crippen LogP contribution in [-0.2, 0) is 9.59 Å². The molecule has 0 radical (unpaired) electrons. The fourth-order valence-electron chi connectivity index (χ4n) is 2.47. The highest BCUT2D eigenvalue weighted by Crippen LogP contribution is 2.15. The van der Waals surface area contributed by atoms with Crippen molar-refractivity contribution in [1.82, 2.24) is 0 Å². The van der Waals surface area contributed by atoms with Crippen LogP contribution in [0.15, 0.2) is 84.9 Å². The number of carbonyl (C=O) groups excluding carboxylic acids is 2. The zero-order chi connectivity index (χ0) is 21.3. The van der Waals surface area contributed by atoms with Gasteiger partial charge in [0.25, 0.3) is 0 Å². The summed E-state index contributed by atoms with van der Waals surface area (Å²) >= 11 is 0. The quantitative estimate of drug-likeness (QED) is 0.279. The van der Waals surface area contributed by atoms with Crippen LogP contribution in [0.3, 0.4) is 0 Å². The first kappa shape index (κ1) is 20.4. The van der Waals surface area contributed by atoms with Crippen LogP contribution in [0.1, 0.15) is 11.1 Å². The second-order valence-electron chi connectivity index (χ2n) is 6.32. The molecule has 0 heterocycles. The van der Waals surface area contributed by atoms with E-state index in [0.29, 0.717) is 22.9 Å². The molecular formula is C24H20N2O4. The number of anilines is 2. The smallest absolute Gasteiger partial charge is 0.336 e. The molecule has 0 saturated carbocycles. The summed E-state index contributed by atoms with van der Waals surface area (Å²) in [6.45, 7) is 0. The first-order valence-electron chi connectivity index (χ1n) is 9.09. The lowest BCUT2D eigenvalue weighted by atomic mass is 10.1. The largest absolute Gasteiger partial charge is 0.423 e. The lowest BCUT2D eigenvalue weighted by molar-refractivity contribution is -0.129. The normalized spacial score (nSPS) is 10.9. The second kappa shape index (κ2) is 9.75. The lowest BCUT2D eigenvalue weighted by Crippen LogP contribution is -2.03. The third-order valence-corrected chi connectivity index (χ3v) is 3.93. The molecular weight excluding hydrogens is 380 g/mol. The number of hydrogen-bond donors (Lipinski definition) is 2. The van der Waals surface area contributed by atoms with Crippen molar-refractivity contribution >= 4 is 35.5 Å². The maximum Gasteiger partial charge on any atom is 0.336 e. The van der Waals surface area contributed by atoms with Crippen molar-refractivity contribution in [3.8, 4) is 11.5 Å². The van der Waals surface area contributed by atoms with Crippen molar-refractivity contribution < 1.29 is 19.1 Å². The van der Waals surface area contributed by atoms with Crippen LogP contribution in [0.25, 0.3) is 12.2 Å². The van der Waals surface area contributed by atoms with Crippen molar-refractivity contribution in [2.24, 2.45) is 0 Å². The van der Waals surface area contributed by atoms with Gasteiger partial charge in [-0.25, -0.2) is 9.59 Å². The predicted molar refractivity (Wildman–Crippen MR) is 117 cm³/mol. The molecule has 3 aromatic carbocycles. The molecule has 6 heteroatoms. The number of ether oxygens (including phenoxy) is 2. The molecule has 0 aliphatic carbocycles. The summed E-state index contributed by atoms with van der Waals surface area (Å²) in [4.78, 5) is 23.9. The molecule has 0 atom stereocenters. The van der Waals surface area contributed by atoms with Crippen molar-refractivity contribution in [3.63, 3.8) is 0 Å². The molecule has 0 aliphatic rings. The molecule has 30 heavy (non-hydrogen) atoms. The molecule has 150 valence electrons. The lowest BCUT2D eigenvalue weighted by Gasteiger charge is -2.02. The highest BCUT2D eigenvalue weighted by Gasteiger charge is 2.02. The number of nitrogen functional groups attached to an aromatic ring is 2. The number of esters is 2. The zero-order valence-electron chi connectivity index (χ0n) is 16.0. The van der Waals surface area contributed by atoms with E-state index in [0.717, 1.165) is 11.1 Å². The average Bonchev–Trinajstić information content (AvgIpc) is 2.74. The van der Waals surface area contributed by atoms with Gasteiger partial charge in [-0.3, -0.25) is 0 Å².